The number of hydrogen-bond acceptors (Lipinski definition) is 4. The standard InChI is InChI=1S/C11H14F3IN4/c12-11(13,14)6-19-2-1-8(5-19)3-17-10-9(15)4-16-7-18-10/h4,7-8H,1-3,5-6H2,(H,16,17,18). The molecule has 1 N–H and O–H groups in total. The Morgan fingerprint density at radius 3 is 2.95 bits per heavy atom. The highest BCUT2D eigenvalue weighted by Gasteiger charge is 2.34. The Labute approximate surface area is 122 Å². The Morgan fingerprint density at radius 2 is 2.26 bits per heavy atom. The fourth-order valence-corrected chi connectivity index (χ4v) is 2.65. The van der Waals surface area contributed by atoms with Crippen molar-refractivity contribution in [3.8, 4) is 0 Å². The van der Waals surface area contributed by atoms with Crippen LogP contribution in [0.2, 0.25) is 0 Å². The van der Waals surface area contributed by atoms with Crippen molar-refractivity contribution in [3.05, 3.63) is 16.1 Å². The number of likely N-dealkylation sites (tertiary alicyclic amines) is 1. The van der Waals surface area contributed by atoms with Gasteiger partial charge >= 0.3 is 6.18 Å². The molecule has 2 heterocycles. The second kappa shape index (κ2) is 6.21. The molecule has 0 aliphatic carbocycles. The lowest BCUT2D eigenvalue weighted by molar-refractivity contribution is -0.143. The van der Waals surface area contributed by atoms with Crippen LogP contribution < -0.4 is 5.32 Å². The molecule has 106 valence electrons. The van der Waals surface area contributed by atoms with Crippen molar-refractivity contribution < 1.29 is 13.2 Å². The molecule has 0 radical (unpaired) electrons. The Kier molecular flexibility index (Phi) is 4.82. The first-order chi connectivity index (χ1) is 8.94. The third kappa shape index (κ3) is 4.75. The van der Waals surface area contributed by atoms with Crippen molar-refractivity contribution in [3.63, 3.8) is 0 Å². The number of aromatic nitrogens is 2. The molecule has 0 aromatic carbocycles. The fourth-order valence-electron chi connectivity index (χ4n) is 2.16. The van der Waals surface area contributed by atoms with Crippen molar-refractivity contribution in [1.82, 2.24) is 14.9 Å². The molecular formula is C11H14F3IN4. The molecule has 2 rings (SSSR count). The Balaban J connectivity index is 1.78. The summed E-state index contributed by atoms with van der Waals surface area (Å²) in [6.45, 7) is 0.816. The molecule has 0 bridgehead atoms. The summed E-state index contributed by atoms with van der Waals surface area (Å²) in [4.78, 5) is 9.44. The van der Waals surface area contributed by atoms with Gasteiger partial charge in [0.15, 0.2) is 0 Å². The normalized spacial score (nSPS) is 20.7. The Morgan fingerprint density at radius 1 is 1.47 bits per heavy atom. The highest BCUT2D eigenvalue weighted by molar-refractivity contribution is 14.1. The molecule has 1 aromatic heterocycles. The third-order valence-electron chi connectivity index (χ3n) is 3.00. The minimum atomic E-state index is -4.11. The molecule has 8 heteroatoms. The van der Waals surface area contributed by atoms with E-state index in [4.69, 9.17) is 0 Å². The van der Waals surface area contributed by atoms with E-state index in [2.05, 4.69) is 37.9 Å². The van der Waals surface area contributed by atoms with Gasteiger partial charge < -0.3 is 5.32 Å². The molecule has 0 spiro atoms. The van der Waals surface area contributed by atoms with E-state index < -0.39 is 12.7 Å². The summed E-state index contributed by atoms with van der Waals surface area (Å²) in [6, 6.07) is 0. The van der Waals surface area contributed by atoms with Gasteiger partial charge in [0.2, 0.25) is 0 Å². The Hall–Kier alpha value is -0.640. The van der Waals surface area contributed by atoms with Gasteiger partial charge in [0.25, 0.3) is 0 Å². The van der Waals surface area contributed by atoms with Crippen molar-refractivity contribution in [1.29, 1.82) is 0 Å². The fraction of sp³-hybridized carbons (Fsp3) is 0.636. The molecule has 0 saturated carbocycles. The first kappa shape index (κ1) is 14.8. The lowest BCUT2D eigenvalue weighted by Gasteiger charge is -2.18. The van der Waals surface area contributed by atoms with Gasteiger partial charge in [-0.1, -0.05) is 0 Å². The van der Waals surface area contributed by atoms with Crippen LogP contribution in [-0.4, -0.2) is 47.2 Å². The number of anilines is 1. The van der Waals surface area contributed by atoms with Crippen LogP contribution >= 0.6 is 22.6 Å². The quantitative estimate of drug-likeness (QED) is 0.808. The zero-order chi connectivity index (χ0) is 13.9. The van der Waals surface area contributed by atoms with Crippen molar-refractivity contribution in [2.45, 2.75) is 12.6 Å². The molecule has 4 nitrogen and oxygen atoms in total. The molecule has 1 unspecified atom stereocenters. The molecule has 1 aliphatic heterocycles. The van der Waals surface area contributed by atoms with Gasteiger partial charge in [-0.15, -0.1) is 0 Å². The lowest BCUT2D eigenvalue weighted by atomic mass is 10.1. The number of rotatable bonds is 4. The van der Waals surface area contributed by atoms with E-state index >= 15 is 0 Å². The van der Waals surface area contributed by atoms with Crippen LogP contribution in [0, 0.1) is 9.49 Å². The summed E-state index contributed by atoms with van der Waals surface area (Å²) in [7, 11) is 0. The molecule has 1 saturated heterocycles. The average Bonchev–Trinajstić information content (AvgIpc) is 2.73. The van der Waals surface area contributed by atoms with Crippen LogP contribution in [0.15, 0.2) is 12.5 Å². The smallest absolute Gasteiger partial charge is 0.369 e. The topological polar surface area (TPSA) is 41.0 Å². The maximum atomic E-state index is 12.3. The summed E-state index contributed by atoms with van der Waals surface area (Å²) in [5, 5.41) is 3.17. The lowest BCUT2D eigenvalue weighted by Crippen LogP contribution is -2.33. The first-order valence-electron chi connectivity index (χ1n) is 5.92. The summed E-state index contributed by atoms with van der Waals surface area (Å²) in [6.07, 6.45) is -0.176. The minimum Gasteiger partial charge on any atom is -0.369 e. The van der Waals surface area contributed by atoms with Crippen LogP contribution in [-0.2, 0) is 0 Å². The molecule has 19 heavy (non-hydrogen) atoms. The molecule has 1 fully saturated rings. The monoisotopic (exact) mass is 386 g/mol. The van der Waals surface area contributed by atoms with Gasteiger partial charge in [-0.25, -0.2) is 9.97 Å². The summed E-state index contributed by atoms with van der Waals surface area (Å²) in [5.41, 5.74) is 0. The highest BCUT2D eigenvalue weighted by Crippen LogP contribution is 2.23. The summed E-state index contributed by atoms with van der Waals surface area (Å²) in [5.74, 6) is 0.970. The first-order valence-corrected chi connectivity index (χ1v) is 7.00. The maximum Gasteiger partial charge on any atom is 0.401 e. The number of alkyl halides is 3. The van der Waals surface area contributed by atoms with Crippen molar-refractivity contribution in [2.24, 2.45) is 5.92 Å². The second-order valence-electron chi connectivity index (χ2n) is 4.61. The number of nitrogens with one attached hydrogen (secondary N) is 1. The van der Waals surface area contributed by atoms with Gasteiger partial charge in [0, 0.05) is 19.3 Å². The minimum absolute atomic E-state index is 0.230. The highest BCUT2D eigenvalue weighted by atomic mass is 127. The number of halogens is 4. The van der Waals surface area contributed by atoms with Gasteiger partial charge in [-0.3, -0.25) is 4.90 Å². The van der Waals surface area contributed by atoms with Gasteiger partial charge in [0.1, 0.15) is 12.1 Å². The zero-order valence-electron chi connectivity index (χ0n) is 10.1. The van der Waals surface area contributed by atoms with E-state index in [1.165, 1.54) is 11.2 Å². The van der Waals surface area contributed by atoms with Crippen LogP contribution in [0.4, 0.5) is 19.0 Å². The van der Waals surface area contributed by atoms with E-state index in [9.17, 15) is 13.2 Å². The molecule has 1 aromatic rings. The predicted octanol–water partition coefficient (Wildman–Crippen LogP) is 2.38. The third-order valence-corrected chi connectivity index (χ3v) is 3.79. The van der Waals surface area contributed by atoms with Crippen molar-refractivity contribution in [2.75, 3.05) is 31.5 Å². The molecular weight excluding hydrogens is 372 g/mol. The summed E-state index contributed by atoms with van der Waals surface area (Å²) >= 11 is 2.12. The average molecular weight is 386 g/mol. The van der Waals surface area contributed by atoms with Gasteiger partial charge in [-0.05, 0) is 41.5 Å². The number of hydrogen-bond donors (Lipinski definition) is 1. The molecule has 1 atom stereocenters. The summed E-state index contributed by atoms with van der Waals surface area (Å²) < 4.78 is 37.7. The number of nitrogens with zero attached hydrogens (tertiary/aromatic N) is 3. The van der Waals surface area contributed by atoms with E-state index in [0.717, 1.165) is 15.8 Å². The zero-order valence-corrected chi connectivity index (χ0v) is 12.3. The largest absolute Gasteiger partial charge is 0.401 e. The SMILES string of the molecule is FC(F)(F)CN1CCC(CNc2ncncc2I)C1. The molecule has 1 aliphatic rings. The Bertz CT molecular complexity index is 427. The van der Waals surface area contributed by atoms with Gasteiger partial charge in [-0.2, -0.15) is 13.2 Å². The van der Waals surface area contributed by atoms with Crippen LogP contribution in [0.25, 0.3) is 0 Å². The molecule has 0 amide bonds. The van der Waals surface area contributed by atoms with Crippen molar-refractivity contribution >= 4 is 28.4 Å². The van der Waals surface area contributed by atoms with E-state index in [0.29, 0.717) is 19.6 Å². The second-order valence-corrected chi connectivity index (χ2v) is 5.77. The van der Waals surface area contributed by atoms with Crippen LogP contribution in [0.1, 0.15) is 6.42 Å². The van der Waals surface area contributed by atoms with Crippen LogP contribution in [0.5, 0.6) is 0 Å². The van der Waals surface area contributed by atoms with Crippen LogP contribution in [0.3, 0.4) is 0 Å². The van der Waals surface area contributed by atoms with Gasteiger partial charge in [0.05, 0.1) is 10.1 Å². The van der Waals surface area contributed by atoms with E-state index in [-0.39, 0.29) is 5.92 Å². The van der Waals surface area contributed by atoms with E-state index in [1.54, 1.807) is 6.20 Å². The van der Waals surface area contributed by atoms with E-state index in [1.807, 2.05) is 0 Å². The maximum absolute atomic E-state index is 12.3. The predicted molar refractivity (Wildman–Crippen MR) is 73.8 cm³/mol.